The molecule has 5 unspecified atom stereocenters. The predicted molar refractivity (Wildman–Crippen MR) is 78.3 cm³/mol. The van der Waals surface area contributed by atoms with Gasteiger partial charge in [-0.25, -0.2) is 0 Å². The average Bonchev–Trinajstić information content (AvgIpc) is 2.68. The molecule has 0 saturated carbocycles. The van der Waals surface area contributed by atoms with Crippen LogP contribution in [0.1, 0.15) is 36.8 Å². The summed E-state index contributed by atoms with van der Waals surface area (Å²) in [5.41, 5.74) is 6.81. The summed E-state index contributed by atoms with van der Waals surface area (Å²) in [7, 11) is 0. The van der Waals surface area contributed by atoms with Crippen LogP contribution in [0.3, 0.4) is 0 Å². The van der Waals surface area contributed by atoms with Gasteiger partial charge in [0.25, 0.3) is 0 Å². The van der Waals surface area contributed by atoms with Crippen molar-refractivity contribution in [2.45, 2.75) is 55.9 Å². The van der Waals surface area contributed by atoms with Crippen LogP contribution >= 0.6 is 0 Å². The molecule has 2 nitrogen and oxygen atoms in total. The van der Waals surface area contributed by atoms with E-state index in [0.29, 0.717) is 12.0 Å². The number of nitrogens with zero attached hydrogens (tertiary/aromatic N) is 1. The first kappa shape index (κ1) is 14.5. The summed E-state index contributed by atoms with van der Waals surface area (Å²) in [6.45, 7) is 0.954. The van der Waals surface area contributed by atoms with Crippen LogP contribution in [0.25, 0.3) is 0 Å². The molecule has 120 valence electrons. The third-order valence-corrected chi connectivity index (χ3v) is 6.04. The second kappa shape index (κ2) is 4.71. The van der Waals surface area contributed by atoms with Crippen LogP contribution in [0, 0.1) is 5.92 Å². The van der Waals surface area contributed by atoms with E-state index in [0.717, 1.165) is 31.4 Å². The minimum absolute atomic E-state index is 0.142. The molecular weight excluding hydrogens is 289 g/mol. The molecule has 22 heavy (non-hydrogen) atoms. The molecular formula is C17H21F3N2. The average molecular weight is 310 g/mol. The first-order valence-electron chi connectivity index (χ1n) is 8.06. The van der Waals surface area contributed by atoms with Crippen molar-refractivity contribution in [1.82, 2.24) is 4.90 Å². The molecule has 4 fully saturated rings. The Balaban J connectivity index is 1.56. The fraction of sp³-hybridized carbons (Fsp3) is 0.647. The second-order valence-electron chi connectivity index (χ2n) is 7.30. The smallest absolute Gasteiger partial charge is 0.326 e. The number of piperidine rings is 3. The number of fused-ring (bicyclic) bond motifs is 1. The van der Waals surface area contributed by atoms with Gasteiger partial charge in [0, 0.05) is 24.2 Å². The molecule has 0 aliphatic carbocycles. The van der Waals surface area contributed by atoms with Crippen LogP contribution < -0.4 is 5.73 Å². The van der Waals surface area contributed by atoms with E-state index in [1.807, 2.05) is 0 Å². The van der Waals surface area contributed by atoms with Gasteiger partial charge in [0.05, 0.1) is 5.56 Å². The van der Waals surface area contributed by atoms with Gasteiger partial charge in [-0.2, -0.15) is 13.2 Å². The molecule has 0 aromatic heterocycles. The summed E-state index contributed by atoms with van der Waals surface area (Å²) >= 11 is 0. The van der Waals surface area contributed by atoms with E-state index in [9.17, 15) is 13.2 Å². The summed E-state index contributed by atoms with van der Waals surface area (Å²) in [4.78, 5) is 2.56. The highest BCUT2D eigenvalue weighted by Gasteiger charge is 2.56. The van der Waals surface area contributed by atoms with E-state index in [1.165, 1.54) is 25.0 Å². The lowest BCUT2D eigenvalue weighted by Crippen LogP contribution is -2.65. The maximum absolute atomic E-state index is 12.7. The highest BCUT2D eigenvalue weighted by Crippen LogP contribution is 2.52. The maximum Gasteiger partial charge on any atom is 0.416 e. The monoisotopic (exact) mass is 310 g/mol. The van der Waals surface area contributed by atoms with Crippen LogP contribution in [0.5, 0.6) is 0 Å². The molecule has 4 heterocycles. The number of rotatable bonds is 2. The number of hydrogen-bond donors (Lipinski definition) is 1. The Morgan fingerprint density at radius 3 is 2.59 bits per heavy atom. The van der Waals surface area contributed by atoms with Crippen LogP contribution in [0.2, 0.25) is 0 Å². The number of nitrogens with two attached hydrogens (primary N) is 1. The number of hydrogen-bond acceptors (Lipinski definition) is 2. The van der Waals surface area contributed by atoms with Gasteiger partial charge in [-0.1, -0.05) is 12.1 Å². The first-order valence-corrected chi connectivity index (χ1v) is 8.06. The number of benzene rings is 1. The van der Waals surface area contributed by atoms with Crippen molar-refractivity contribution in [1.29, 1.82) is 0 Å². The van der Waals surface area contributed by atoms with Gasteiger partial charge in [-0.3, -0.25) is 4.90 Å². The second-order valence-corrected chi connectivity index (χ2v) is 7.30. The summed E-state index contributed by atoms with van der Waals surface area (Å²) in [6.07, 6.45) is 1.27. The summed E-state index contributed by atoms with van der Waals surface area (Å²) < 4.78 is 38.0. The molecule has 5 rings (SSSR count). The van der Waals surface area contributed by atoms with Crippen molar-refractivity contribution in [3.05, 3.63) is 35.4 Å². The molecule has 5 atom stereocenters. The van der Waals surface area contributed by atoms with Gasteiger partial charge >= 0.3 is 6.18 Å². The lowest BCUT2D eigenvalue weighted by Gasteiger charge is -2.55. The minimum atomic E-state index is -4.25. The number of halogens is 3. The molecule has 0 radical (unpaired) electrons. The Kier molecular flexibility index (Phi) is 3.11. The van der Waals surface area contributed by atoms with Crippen molar-refractivity contribution < 1.29 is 13.2 Å². The molecule has 1 aromatic rings. The Bertz CT molecular complexity index is 568. The lowest BCUT2D eigenvalue weighted by molar-refractivity contribution is -0.137. The van der Waals surface area contributed by atoms with Crippen molar-refractivity contribution >= 4 is 0 Å². The highest BCUT2D eigenvalue weighted by molar-refractivity contribution is 5.28. The first-order chi connectivity index (χ1) is 10.4. The predicted octanol–water partition coefficient (Wildman–Crippen LogP) is 3.20. The summed E-state index contributed by atoms with van der Waals surface area (Å²) in [5.74, 6) is 0.590. The molecule has 0 amide bonds. The van der Waals surface area contributed by atoms with E-state index < -0.39 is 11.7 Å². The van der Waals surface area contributed by atoms with E-state index in [2.05, 4.69) is 4.90 Å². The minimum Gasteiger partial charge on any atom is -0.326 e. The maximum atomic E-state index is 12.7. The Labute approximate surface area is 128 Å². The molecule has 2 N–H and O–H groups in total. The van der Waals surface area contributed by atoms with Crippen LogP contribution in [0.4, 0.5) is 13.2 Å². The van der Waals surface area contributed by atoms with Gasteiger partial charge in [0.15, 0.2) is 0 Å². The Hall–Kier alpha value is -1.07. The van der Waals surface area contributed by atoms with Gasteiger partial charge in [-0.05, 0) is 55.7 Å². The fourth-order valence-corrected chi connectivity index (χ4v) is 5.01. The quantitative estimate of drug-likeness (QED) is 0.909. The van der Waals surface area contributed by atoms with Crippen molar-refractivity contribution in [3.63, 3.8) is 0 Å². The standard InChI is InChI=1S/C17H21F3N2/c18-17(19,20)13-3-1-11(2-4-13)8-16-6-5-14-7-12(9-16)15(21)10-22(14)16/h1-4,12,14-15H,5-10,21H2. The van der Waals surface area contributed by atoms with Crippen LogP contribution in [0.15, 0.2) is 24.3 Å². The van der Waals surface area contributed by atoms with E-state index in [1.54, 1.807) is 12.1 Å². The Morgan fingerprint density at radius 1 is 1.23 bits per heavy atom. The van der Waals surface area contributed by atoms with Gasteiger partial charge in [-0.15, -0.1) is 0 Å². The largest absolute Gasteiger partial charge is 0.416 e. The van der Waals surface area contributed by atoms with E-state index in [4.69, 9.17) is 5.73 Å². The highest BCUT2D eigenvalue weighted by atomic mass is 19.4. The zero-order valence-electron chi connectivity index (χ0n) is 12.4. The number of alkyl halides is 3. The lowest BCUT2D eigenvalue weighted by atomic mass is 9.71. The van der Waals surface area contributed by atoms with Crippen molar-refractivity contribution in [2.24, 2.45) is 11.7 Å². The Morgan fingerprint density at radius 2 is 1.95 bits per heavy atom. The van der Waals surface area contributed by atoms with Crippen LogP contribution in [-0.4, -0.2) is 29.1 Å². The van der Waals surface area contributed by atoms with E-state index >= 15 is 0 Å². The third-order valence-electron chi connectivity index (χ3n) is 6.04. The summed E-state index contributed by atoms with van der Waals surface area (Å²) in [5, 5.41) is 0. The molecule has 4 aliphatic heterocycles. The SMILES string of the molecule is NC1CN2C3CCC2(Cc2ccc(C(F)(F)F)cc2)CC1C3. The molecule has 4 saturated heterocycles. The molecule has 1 aromatic carbocycles. The molecule has 0 spiro atoms. The van der Waals surface area contributed by atoms with Gasteiger partial charge < -0.3 is 5.73 Å². The normalized spacial score (nSPS) is 40.2. The third kappa shape index (κ3) is 2.17. The zero-order valence-corrected chi connectivity index (χ0v) is 12.4. The molecule has 4 aliphatic rings. The molecule has 5 heteroatoms. The van der Waals surface area contributed by atoms with Crippen LogP contribution in [-0.2, 0) is 12.6 Å². The summed E-state index contributed by atoms with van der Waals surface area (Å²) in [6, 6.07) is 6.63. The van der Waals surface area contributed by atoms with Crippen molar-refractivity contribution in [2.75, 3.05) is 6.54 Å². The van der Waals surface area contributed by atoms with Gasteiger partial charge in [0.1, 0.15) is 0 Å². The topological polar surface area (TPSA) is 29.3 Å². The van der Waals surface area contributed by atoms with Gasteiger partial charge in [0.2, 0.25) is 0 Å². The molecule has 4 bridgehead atoms. The van der Waals surface area contributed by atoms with E-state index in [-0.39, 0.29) is 11.6 Å². The zero-order chi connectivity index (χ0) is 15.5. The fourth-order valence-electron chi connectivity index (χ4n) is 5.01. The van der Waals surface area contributed by atoms with Crippen molar-refractivity contribution in [3.8, 4) is 0 Å².